The van der Waals surface area contributed by atoms with Gasteiger partial charge in [0.25, 0.3) is 0 Å². The predicted octanol–water partition coefficient (Wildman–Crippen LogP) is 6.11. The van der Waals surface area contributed by atoms with Gasteiger partial charge in [0, 0.05) is 22.3 Å². The Balaban J connectivity index is 1.75. The molecular weight excluding hydrogens is 422 g/mol. The molecule has 1 heterocycles. The van der Waals surface area contributed by atoms with Crippen LogP contribution < -0.4 is 15.2 Å². The lowest BCUT2D eigenvalue weighted by atomic mass is 9.92. The van der Waals surface area contributed by atoms with Crippen molar-refractivity contribution in [3.8, 4) is 39.8 Å². The van der Waals surface area contributed by atoms with Gasteiger partial charge >= 0.3 is 0 Å². The molecule has 0 saturated carbocycles. The molecule has 0 aliphatic rings. The minimum Gasteiger partial charge on any atom is -0.493 e. The van der Waals surface area contributed by atoms with Crippen molar-refractivity contribution in [2.45, 2.75) is 6.61 Å². The van der Waals surface area contributed by atoms with E-state index in [9.17, 15) is 5.26 Å². The number of nitrogens with two attached hydrogens (primary N) is 1. The van der Waals surface area contributed by atoms with Crippen LogP contribution in [0.25, 0.3) is 22.3 Å². The molecule has 5 nitrogen and oxygen atoms in total. The summed E-state index contributed by atoms with van der Waals surface area (Å²) in [5, 5.41) is 10.5. The molecule has 4 rings (SSSR count). The highest BCUT2D eigenvalue weighted by molar-refractivity contribution is 6.30. The fraction of sp³-hybridized carbons (Fsp3) is 0.0769. The molecule has 0 spiro atoms. The van der Waals surface area contributed by atoms with Gasteiger partial charge < -0.3 is 15.2 Å². The third-order valence-corrected chi connectivity index (χ3v) is 5.32. The summed E-state index contributed by atoms with van der Waals surface area (Å²) in [5.41, 5.74) is 10.6. The van der Waals surface area contributed by atoms with Crippen molar-refractivity contribution in [2.75, 3.05) is 12.8 Å². The first-order valence-electron chi connectivity index (χ1n) is 9.90. The topological polar surface area (TPSA) is 81.2 Å². The maximum atomic E-state index is 9.81. The van der Waals surface area contributed by atoms with E-state index in [2.05, 4.69) is 11.1 Å². The molecule has 0 atom stereocenters. The lowest BCUT2D eigenvalue weighted by molar-refractivity contribution is 0.284. The van der Waals surface area contributed by atoms with Crippen LogP contribution >= 0.6 is 11.6 Å². The van der Waals surface area contributed by atoms with Crippen molar-refractivity contribution in [3.05, 3.63) is 95.1 Å². The van der Waals surface area contributed by atoms with Crippen molar-refractivity contribution >= 4 is 17.4 Å². The first-order chi connectivity index (χ1) is 15.6. The Hall–Kier alpha value is -4.01. The summed E-state index contributed by atoms with van der Waals surface area (Å²) in [6.45, 7) is 0.369. The van der Waals surface area contributed by atoms with Crippen molar-refractivity contribution in [2.24, 2.45) is 0 Å². The van der Waals surface area contributed by atoms with Crippen molar-refractivity contribution in [3.63, 3.8) is 0 Å². The minimum absolute atomic E-state index is 0.184. The van der Waals surface area contributed by atoms with Crippen LogP contribution in [0.15, 0.2) is 79.0 Å². The van der Waals surface area contributed by atoms with Crippen LogP contribution in [-0.2, 0) is 6.61 Å². The van der Waals surface area contributed by atoms with Gasteiger partial charge in [0.15, 0.2) is 11.5 Å². The van der Waals surface area contributed by atoms with Gasteiger partial charge in [-0.1, -0.05) is 60.1 Å². The molecule has 0 aliphatic carbocycles. The molecule has 1 aromatic heterocycles. The number of hydrogen-bond acceptors (Lipinski definition) is 5. The highest BCUT2D eigenvalue weighted by Gasteiger charge is 2.18. The highest BCUT2D eigenvalue weighted by atomic mass is 35.5. The number of pyridine rings is 1. The van der Waals surface area contributed by atoms with E-state index >= 15 is 0 Å². The summed E-state index contributed by atoms with van der Waals surface area (Å²) >= 11 is 5.95. The van der Waals surface area contributed by atoms with Gasteiger partial charge in [-0.05, 0) is 41.0 Å². The fourth-order valence-corrected chi connectivity index (χ4v) is 3.59. The average Bonchev–Trinajstić information content (AvgIpc) is 2.84. The number of ether oxygens (including phenoxy) is 2. The molecule has 0 bridgehead atoms. The monoisotopic (exact) mass is 441 g/mol. The molecule has 0 fully saturated rings. The Morgan fingerprint density at radius 1 is 0.969 bits per heavy atom. The van der Waals surface area contributed by atoms with Crippen LogP contribution in [0.5, 0.6) is 11.5 Å². The summed E-state index contributed by atoms with van der Waals surface area (Å²) in [6.07, 6.45) is 1.69. The Labute approximate surface area is 191 Å². The molecule has 2 N–H and O–H groups in total. The summed E-state index contributed by atoms with van der Waals surface area (Å²) in [7, 11) is 1.58. The molecule has 0 aliphatic heterocycles. The standard InChI is InChI=1S/C26H20ClN3O2/c1-31-24-13-19(9-12-23(24)32-16-17-7-10-20(27)11-8-17)25-21(14-28)26(29)30-15-22(25)18-5-3-2-4-6-18/h2-13,15H,16H2,1H3,(H2,29,30). The summed E-state index contributed by atoms with van der Waals surface area (Å²) in [4.78, 5) is 4.23. The summed E-state index contributed by atoms with van der Waals surface area (Å²) < 4.78 is 11.6. The van der Waals surface area contributed by atoms with E-state index in [1.54, 1.807) is 13.3 Å². The average molecular weight is 442 g/mol. The number of nitrogens with zero attached hydrogens (tertiary/aromatic N) is 2. The van der Waals surface area contributed by atoms with Crippen molar-refractivity contribution in [1.29, 1.82) is 5.26 Å². The van der Waals surface area contributed by atoms with Gasteiger partial charge in [0.2, 0.25) is 0 Å². The maximum Gasteiger partial charge on any atom is 0.161 e. The minimum atomic E-state index is 0.184. The zero-order chi connectivity index (χ0) is 22.5. The second kappa shape index (κ2) is 9.42. The smallest absolute Gasteiger partial charge is 0.161 e. The molecule has 6 heteroatoms. The normalized spacial score (nSPS) is 10.4. The van der Waals surface area contributed by atoms with E-state index in [0.29, 0.717) is 34.3 Å². The zero-order valence-corrected chi connectivity index (χ0v) is 18.1. The number of benzene rings is 3. The SMILES string of the molecule is COc1cc(-c2c(-c3ccccc3)cnc(N)c2C#N)ccc1OCc1ccc(Cl)cc1. The molecule has 0 unspecified atom stereocenters. The first kappa shape index (κ1) is 21.2. The summed E-state index contributed by atoms with van der Waals surface area (Å²) in [6, 6.07) is 25.0. The van der Waals surface area contributed by atoms with Crippen molar-refractivity contribution in [1.82, 2.24) is 4.98 Å². The van der Waals surface area contributed by atoms with Gasteiger partial charge in [-0.2, -0.15) is 5.26 Å². The molecule has 158 valence electrons. The van der Waals surface area contributed by atoms with Crippen molar-refractivity contribution < 1.29 is 9.47 Å². The maximum absolute atomic E-state index is 9.81. The largest absolute Gasteiger partial charge is 0.493 e. The van der Waals surface area contributed by atoms with Crippen LogP contribution in [-0.4, -0.2) is 12.1 Å². The number of halogens is 1. The highest BCUT2D eigenvalue weighted by Crippen LogP contribution is 2.40. The van der Waals surface area contributed by atoms with Crippen LogP contribution in [0.2, 0.25) is 5.02 Å². The lowest BCUT2D eigenvalue weighted by Gasteiger charge is -2.16. The molecule has 0 amide bonds. The van der Waals surface area contributed by atoms with Crippen LogP contribution in [0, 0.1) is 11.3 Å². The molecule has 0 saturated heterocycles. The number of hydrogen-bond donors (Lipinski definition) is 1. The van der Waals surface area contributed by atoms with Gasteiger partial charge in [-0.25, -0.2) is 4.98 Å². The fourth-order valence-electron chi connectivity index (χ4n) is 3.46. The molecule has 3 aromatic carbocycles. The molecular formula is C26H20ClN3O2. The lowest BCUT2D eigenvalue weighted by Crippen LogP contribution is -2.01. The van der Waals surface area contributed by atoms with E-state index in [-0.39, 0.29) is 5.82 Å². The Kier molecular flexibility index (Phi) is 6.25. The predicted molar refractivity (Wildman–Crippen MR) is 127 cm³/mol. The van der Waals surface area contributed by atoms with Crippen LogP contribution in [0.1, 0.15) is 11.1 Å². The number of methoxy groups -OCH3 is 1. The summed E-state index contributed by atoms with van der Waals surface area (Å²) in [5.74, 6) is 1.33. The van der Waals surface area contributed by atoms with E-state index in [0.717, 1.165) is 22.3 Å². The number of rotatable bonds is 6. The van der Waals surface area contributed by atoms with Gasteiger partial charge in [0.1, 0.15) is 24.1 Å². The Morgan fingerprint density at radius 3 is 2.41 bits per heavy atom. The Morgan fingerprint density at radius 2 is 1.72 bits per heavy atom. The quantitative estimate of drug-likeness (QED) is 0.390. The van der Waals surface area contributed by atoms with Gasteiger partial charge in [-0.3, -0.25) is 0 Å². The van der Waals surface area contributed by atoms with E-state index in [1.807, 2.05) is 72.8 Å². The number of nitriles is 1. The number of anilines is 1. The third kappa shape index (κ3) is 4.36. The van der Waals surface area contributed by atoms with E-state index in [4.69, 9.17) is 26.8 Å². The number of aromatic nitrogens is 1. The Bertz CT molecular complexity index is 1280. The number of nitrogen functional groups attached to an aromatic ring is 1. The van der Waals surface area contributed by atoms with E-state index in [1.165, 1.54) is 0 Å². The van der Waals surface area contributed by atoms with E-state index < -0.39 is 0 Å². The second-order valence-corrected chi connectivity index (χ2v) is 7.50. The van der Waals surface area contributed by atoms with Gasteiger partial charge in [-0.15, -0.1) is 0 Å². The van der Waals surface area contributed by atoms with Gasteiger partial charge in [0.05, 0.1) is 7.11 Å². The zero-order valence-electron chi connectivity index (χ0n) is 17.4. The third-order valence-electron chi connectivity index (χ3n) is 5.06. The molecule has 32 heavy (non-hydrogen) atoms. The first-order valence-corrected chi connectivity index (χ1v) is 10.3. The van der Waals surface area contributed by atoms with Crippen LogP contribution in [0.3, 0.4) is 0 Å². The molecule has 4 aromatic rings. The second-order valence-electron chi connectivity index (χ2n) is 7.07. The van der Waals surface area contributed by atoms with Crippen LogP contribution in [0.4, 0.5) is 5.82 Å². The molecule has 0 radical (unpaired) electrons.